The van der Waals surface area contributed by atoms with Crippen LogP contribution >= 0.6 is 31.9 Å². The minimum atomic E-state index is -3.94. The molecule has 1 aromatic rings. The molecule has 0 unspecified atom stereocenters. The van der Waals surface area contributed by atoms with Crippen LogP contribution in [0.4, 0.5) is 0 Å². The summed E-state index contributed by atoms with van der Waals surface area (Å²) in [4.78, 5) is 12.3. The van der Waals surface area contributed by atoms with E-state index in [-0.39, 0.29) is 4.90 Å². The first-order chi connectivity index (χ1) is 18.6. The van der Waals surface area contributed by atoms with Crippen LogP contribution < -0.4 is 10.0 Å². The minimum absolute atomic E-state index is 0.139. The topological polar surface area (TPSA) is 121 Å². The van der Waals surface area contributed by atoms with E-state index >= 15 is 0 Å². The lowest BCUT2D eigenvalue weighted by Gasteiger charge is -2.41. The van der Waals surface area contributed by atoms with Gasteiger partial charge in [0.1, 0.15) is 30.5 Å². The van der Waals surface area contributed by atoms with Gasteiger partial charge in [-0.15, -0.1) is 0 Å². The van der Waals surface area contributed by atoms with Gasteiger partial charge in [-0.3, -0.25) is 10.1 Å². The van der Waals surface area contributed by atoms with E-state index in [1.807, 2.05) is 19.1 Å². The highest BCUT2D eigenvalue weighted by atomic mass is 79.9. The number of hydrogen-bond donors (Lipinski definition) is 2. The highest BCUT2D eigenvalue weighted by Crippen LogP contribution is 2.43. The third-order valence-electron chi connectivity index (χ3n) is 7.21. The Morgan fingerprint density at radius 2 is 1.40 bits per heavy atom. The molecule has 220 valence electrons. The van der Waals surface area contributed by atoms with Gasteiger partial charge in [0.05, 0.1) is 17.0 Å². The summed E-state index contributed by atoms with van der Waals surface area (Å²) in [6.07, 6.45) is 0.756. The lowest BCUT2D eigenvalue weighted by Crippen LogP contribution is -2.64. The Balaban J connectivity index is 1.50. The van der Waals surface area contributed by atoms with Crippen molar-refractivity contribution in [2.75, 3.05) is 0 Å². The number of ether oxygens (including phenoxy) is 5. The van der Waals surface area contributed by atoms with Crippen LogP contribution in [0.25, 0.3) is 0 Å². The van der Waals surface area contributed by atoms with Gasteiger partial charge in [0.2, 0.25) is 10.0 Å². The summed E-state index contributed by atoms with van der Waals surface area (Å²) in [5.41, 5.74) is 0.947. The molecule has 10 nitrogen and oxygen atoms in total. The Morgan fingerprint density at radius 1 is 0.875 bits per heavy atom. The first kappa shape index (κ1) is 30.3. The molecule has 2 saturated heterocycles. The van der Waals surface area contributed by atoms with Crippen LogP contribution in [-0.4, -0.2) is 74.6 Å². The fourth-order valence-corrected chi connectivity index (χ4v) is 8.15. The highest BCUT2D eigenvalue weighted by molar-refractivity contribution is 9.12. The van der Waals surface area contributed by atoms with Gasteiger partial charge >= 0.3 is 5.97 Å². The molecule has 4 aliphatic rings. The van der Waals surface area contributed by atoms with E-state index in [2.05, 4.69) is 41.9 Å². The van der Waals surface area contributed by atoms with E-state index in [1.165, 1.54) is 6.92 Å². The summed E-state index contributed by atoms with van der Waals surface area (Å²) in [6, 6.07) is 4.70. The maximum absolute atomic E-state index is 13.6. The normalized spacial score (nSPS) is 36.3. The number of rotatable bonds is 6. The average molecular weight is 706 g/mol. The van der Waals surface area contributed by atoms with Gasteiger partial charge in [0.25, 0.3) is 0 Å². The first-order valence-corrected chi connectivity index (χ1v) is 16.1. The second kappa shape index (κ2) is 10.8. The number of fused-ring (bicyclic) bond motifs is 2. The number of benzene rings is 1. The molecule has 0 amide bonds. The van der Waals surface area contributed by atoms with Crippen molar-refractivity contribution in [3.05, 3.63) is 50.9 Å². The Bertz CT molecular complexity index is 1330. The number of hydrogen-bond acceptors (Lipinski definition) is 9. The van der Waals surface area contributed by atoms with Crippen LogP contribution in [0.15, 0.2) is 50.3 Å². The van der Waals surface area contributed by atoms with E-state index in [4.69, 9.17) is 23.7 Å². The molecular formula is C27H34Br2N2O8S. The fraction of sp³-hybridized carbons (Fsp3) is 0.593. The van der Waals surface area contributed by atoms with Crippen molar-refractivity contribution in [2.45, 2.75) is 107 Å². The number of nitrogens with one attached hydrogen (secondary N) is 2. The van der Waals surface area contributed by atoms with Crippen LogP contribution in [-0.2, 0) is 38.5 Å². The van der Waals surface area contributed by atoms with E-state index < -0.39 is 76.2 Å². The summed E-state index contributed by atoms with van der Waals surface area (Å²) >= 11 is 7.24. The Morgan fingerprint density at radius 3 is 1.98 bits per heavy atom. The van der Waals surface area contributed by atoms with E-state index in [1.54, 1.807) is 52.0 Å². The largest absolute Gasteiger partial charge is 0.458 e. The quantitative estimate of drug-likeness (QED) is 0.429. The van der Waals surface area contributed by atoms with Gasteiger partial charge in [-0.25, -0.2) is 13.1 Å². The summed E-state index contributed by atoms with van der Waals surface area (Å²) in [5, 5.41) is 3.50. The second-order valence-corrected chi connectivity index (χ2v) is 14.9. The molecule has 0 saturated carbocycles. The van der Waals surface area contributed by atoms with Gasteiger partial charge in [-0.1, -0.05) is 61.7 Å². The van der Waals surface area contributed by atoms with E-state index in [0.717, 1.165) is 10.0 Å². The molecular weight excluding hydrogens is 672 g/mol. The monoisotopic (exact) mass is 704 g/mol. The van der Waals surface area contributed by atoms with Crippen molar-refractivity contribution in [1.29, 1.82) is 0 Å². The van der Waals surface area contributed by atoms with Crippen molar-refractivity contribution >= 4 is 47.9 Å². The zero-order valence-corrected chi connectivity index (χ0v) is 27.0. The van der Waals surface area contributed by atoms with Crippen LogP contribution in [0, 0.1) is 6.92 Å². The average Bonchev–Trinajstić information content (AvgIpc) is 3.35. The van der Waals surface area contributed by atoms with E-state index in [9.17, 15) is 13.2 Å². The van der Waals surface area contributed by atoms with Gasteiger partial charge < -0.3 is 23.7 Å². The van der Waals surface area contributed by atoms with Gasteiger partial charge in [0, 0.05) is 21.9 Å². The predicted molar refractivity (Wildman–Crippen MR) is 153 cm³/mol. The van der Waals surface area contributed by atoms with Gasteiger partial charge in [-0.2, -0.15) is 0 Å². The number of esters is 1. The van der Waals surface area contributed by atoms with Crippen LogP contribution in [0.3, 0.4) is 0 Å². The molecule has 2 aliphatic heterocycles. The van der Waals surface area contributed by atoms with Crippen molar-refractivity contribution in [2.24, 2.45) is 0 Å². The molecule has 13 heteroatoms. The van der Waals surface area contributed by atoms with Crippen molar-refractivity contribution in [3.63, 3.8) is 0 Å². The zero-order valence-electron chi connectivity index (χ0n) is 23.0. The lowest BCUT2D eigenvalue weighted by atomic mass is 9.89. The highest BCUT2D eigenvalue weighted by Gasteiger charge is 2.55. The third-order valence-corrected chi connectivity index (χ3v) is 10.1. The molecule has 0 aromatic heterocycles. The third kappa shape index (κ3) is 6.13. The standard InChI is InChI=1S/C27H34Br2N2O8S/c1-13-7-9-15(10-8-13)40(33,34)31-20-18(11-16(28)21-24(20)38-26(3,4)36-21)30-19-12-17(29)22-25(23(19)35-14(2)32)39-27(5,6)37-22/h7-12,18-25,30-31H,1-6H3/t18-,19-,20+,21+,22+,23+,24-,25+/m0/s1. The van der Waals surface area contributed by atoms with Crippen molar-refractivity contribution in [3.8, 4) is 0 Å². The minimum Gasteiger partial charge on any atom is -0.458 e. The smallest absolute Gasteiger partial charge is 0.303 e. The summed E-state index contributed by atoms with van der Waals surface area (Å²) in [5.74, 6) is -2.29. The SMILES string of the molecule is CC(=O)O[C@H]1[C@@H]2OC(C)(C)O[C@@H]2C(Br)=C[C@@H]1N[C@H]1C=C(Br)[C@H]2OC(C)(C)O[C@H]2[C@@H]1NS(=O)(=O)c1ccc(C)cc1. The number of carbonyl (C=O) groups is 1. The van der Waals surface area contributed by atoms with Crippen LogP contribution in [0.1, 0.15) is 40.2 Å². The maximum Gasteiger partial charge on any atom is 0.303 e. The molecule has 2 heterocycles. The zero-order chi connectivity index (χ0) is 29.2. The fourth-order valence-electron chi connectivity index (χ4n) is 5.60. The molecule has 2 fully saturated rings. The molecule has 2 aliphatic carbocycles. The van der Waals surface area contributed by atoms with E-state index in [0.29, 0.717) is 4.48 Å². The Labute approximate surface area is 251 Å². The van der Waals surface area contributed by atoms with Crippen LogP contribution in [0.5, 0.6) is 0 Å². The van der Waals surface area contributed by atoms with Gasteiger partial charge in [0.15, 0.2) is 11.6 Å². The molecule has 8 atom stereocenters. The molecule has 2 N–H and O–H groups in total. The summed E-state index contributed by atoms with van der Waals surface area (Å²) < 4.78 is 61.8. The van der Waals surface area contributed by atoms with Crippen molar-refractivity contribution < 1.29 is 36.9 Å². The number of sulfonamides is 1. The Hall–Kier alpha value is -1.16. The van der Waals surface area contributed by atoms with Crippen LogP contribution in [0.2, 0.25) is 0 Å². The summed E-state index contributed by atoms with van der Waals surface area (Å²) in [6.45, 7) is 10.4. The molecule has 5 rings (SSSR count). The lowest BCUT2D eigenvalue weighted by molar-refractivity contribution is -0.171. The second-order valence-electron chi connectivity index (χ2n) is 11.4. The van der Waals surface area contributed by atoms with Crippen molar-refractivity contribution in [1.82, 2.24) is 10.0 Å². The van der Waals surface area contributed by atoms with Gasteiger partial charge in [-0.05, 0) is 46.8 Å². The molecule has 1 aromatic carbocycles. The number of carbonyl (C=O) groups excluding carboxylic acids is 1. The molecule has 0 spiro atoms. The Kier molecular flexibility index (Phi) is 8.21. The molecule has 0 radical (unpaired) electrons. The first-order valence-electron chi connectivity index (χ1n) is 13.0. The predicted octanol–water partition coefficient (Wildman–Crippen LogP) is 3.53. The maximum atomic E-state index is 13.6. The number of aryl methyl sites for hydroxylation is 1. The molecule has 0 bridgehead atoms. The molecule has 40 heavy (non-hydrogen) atoms. The summed E-state index contributed by atoms with van der Waals surface area (Å²) in [7, 11) is -3.94. The number of halogens is 2.